The minimum Gasteiger partial charge on any atom is -0.493 e. The van der Waals surface area contributed by atoms with Gasteiger partial charge in [0.15, 0.2) is 15.8 Å². The number of carbonyl (C=O) groups excluding carboxylic acids is 2. The van der Waals surface area contributed by atoms with E-state index in [9.17, 15) is 14.4 Å². The van der Waals surface area contributed by atoms with Gasteiger partial charge in [-0.1, -0.05) is 65.9 Å². The van der Waals surface area contributed by atoms with E-state index in [1.165, 1.54) is 16.7 Å². The molecule has 5 rings (SSSR count). The van der Waals surface area contributed by atoms with Gasteiger partial charge >= 0.3 is 5.97 Å². The predicted molar refractivity (Wildman–Crippen MR) is 161 cm³/mol. The smallest absolute Gasteiger partial charge is 0.343 e. The number of thiocarbonyl (C=S) groups is 1. The van der Waals surface area contributed by atoms with Crippen LogP contribution in [0, 0.1) is 13.8 Å². The molecule has 0 spiro atoms. The molecule has 0 radical (unpaired) electrons. The Bertz CT molecular complexity index is 1750. The van der Waals surface area contributed by atoms with Crippen LogP contribution in [0.4, 0.5) is 5.69 Å². The molecule has 1 aliphatic heterocycles. The van der Waals surface area contributed by atoms with Gasteiger partial charge in [-0.2, -0.15) is 0 Å². The Balaban J connectivity index is 1.43. The second kappa shape index (κ2) is 11.0. The summed E-state index contributed by atoms with van der Waals surface area (Å²) >= 11 is 6.65. The summed E-state index contributed by atoms with van der Waals surface area (Å²) in [5.74, 6) is -0.320. The van der Waals surface area contributed by atoms with E-state index < -0.39 is 11.9 Å². The van der Waals surface area contributed by atoms with Crippen molar-refractivity contribution in [3.05, 3.63) is 110 Å². The molecule has 10 heteroatoms. The normalized spacial score (nSPS) is 14.2. The molecule has 0 atom stereocenters. The van der Waals surface area contributed by atoms with Crippen LogP contribution in [0.1, 0.15) is 27.2 Å². The highest BCUT2D eigenvalue weighted by molar-refractivity contribution is 8.27. The van der Waals surface area contributed by atoms with Gasteiger partial charge < -0.3 is 9.47 Å². The lowest BCUT2D eigenvalue weighted by Gasteiger charge is -2.12. The third kappa shape index (κ3) is 4.99. The van der Waals surface area contributed by atoms with Crippen molar-refractivity contribution >= 4 is 51.9 Å². The van der Waals surface area contributed by atoms with Crippen molar-refractivity contribution in [2.24, 2.45) is 7.05 Å². The fourth-order valence-electron chi connectivity index (χ4n) is 4.41. The second-order valence-corrected chi connectivity index (χ2v) is 10.8. The standard InChI is InChI=1S/C30H25N3O5S2/c1-18-9-8-10-21(15-18)29(36)38-23-14-13-20(16-24(23)37-4)17-25-27(34)32(30(39)40-25)26-19(2)31(3)33(28(26)35)22-11-6-5-7-12-22/h5-17H,1-4H3/b25-17+. The van der Waals surface area contributed by atoms with Crippen molar-refractivity contribution in [3.8, 4) is 17.2 Å². The second-order valence-electron chi connectivity index (χ2n) is 9.10. The number of benzene rings is 3. The molecular formula is C30H25N3O5S2. The first-order valence-electron chi connectivity index (χ1n) is 12.3. The molecular weight excluding hydrogens is 546 g/mol. The number of hydrogen-bond donors (Lipinski definition) is 0. The molecule has 0 saturated carbocycles. The van der Waals surface area contributed by atoms with Crippen molar-refractivity contribution in [1.29, 1.82) is 0 Å². The number of para-hydroxylation sites is 1. The van der Waals surface area contributed by atoms with Gasteiger partial charge in [0.1, 0.15) is 5.69 Å². The van der Waals surface area contributed by atoms with E-state index in [0.717, 1.165) is 17.3 Å². The van der Waals surface area contributed by atoms with Crippen molar-refractivity contribution < 1.29 is 19.1 Å². The number of nitrogens with zero attached hydrogens (tertiary/aromatic N) is 3. The molecule has 0 bridgehead atoms. The van der Waals surface area contributed by atoms with E-state index in [2.05, 4.69) is 0 Å². The fraction of sp³-hybridized carbons (Fsp3) is 0.133. The van der Waals surface area contributed by atoms with Crippen LogP contribution >= 0.6 is 24.0 Å². The number of ether oxygens (including phenoxy) is 2. The van der Waals surface area contributed by atoms with Gasteiger partial charge in [0.05, 0.1) is 29.0 Å². The van der Waals surface area contributed by atoms with Gasteiger partial charge in [-0.25, -0.2) is 9.48 Å². The Labute approximate surface area is 240 Å². The van der Waals surface area contributed by atoms with E-state index in [0.29, 0.717) is 33.2 Å². The molecule has 4 aromatic rings. The van der Waals surface area contributed by atoms with Crippen molar-refractivity contribution in [2.75, 3.05) is 12.0 Å². The van der Waals surface area contributed by atoms with Gasteiger partial charge in [0.2, 0.25) is 0 Å². The zero-order valence-electron chi connectivity index (χ0n) is 22.2. The van der Waals surface area contributed by atoms with E-state index in [-0.39, 0.29) is 21.3 Å². The molecule has 202 valence electrons. The van der Waals surface area contributed by atoms with Crippen LogP contribution in [0.5, 0.6) is 11.5 Å². The van der Waals surface area contributed by atoms with Gasteiger partial charge in [-0.15, -0.1) is 0 Å². The summed E-state index contributed by atoms with van der Waals surface area (Å²) in [6.07, 6.45) is 1.67. The molecule has 1 fully saturated rings. The monoisotopic (exact) mass is 571 g/mol. The molecule has 1 amide bonds. The topological polar surface area (TPSA) is 82.8 Å². The van der Waals surface area contributed by atoms with Crippen LogP contribution in [0.15, 0.2) is 82.5 Å². The number of esters is 1. The Hall–Kier alpha value is -4.41. The van der Waals surface area contributed by atoms with Crippen LogP contribution in [0.3, 0.4) is 0 Å². The summed E-state index contributed by atoms with van der Waals surface area (Å²) in [5.41, 5.74) is 3.17. The predicted octanol–water partition coefficient (Wildman–Crippen LogP) is 5.43. The Morgan fingerprint density at radius 1 is 0.950 bits per heavy atom. The van der Waals surface area contributed by atoms with E-state index in [1.807, 2.05) is 43.3 Å². The number of amides is 1. The van der Waals surface area contributed by atoms with Crippen LogP contribution in [0.2, 0.25) is 0 Å². The van der Waals surface area contributed by atoms with Gasteiger partial charge in [-0.3, -0.25) is 19.2 Å². The number of aromatic nitrogens is 2. The lowest BCUT2D eigenvalue weighted by atomic mass is 10.1. The molecule has 3 aromatic carbocycles. The largest absolute Gasteiger partial charge is 0.493 e. The first-order valence-corrected chi connectivity index (χ1v) is 13.5. The summed E-state index contributed by atoms with van der Waals surface area (Å²) < 4.78 is 14.5. The van der Waals surface area contributed by atoms with Crippen LogP contribution in [-0.4, -0.2) is 32.7 Å². The molecule has 40 heavy (non-hydrogen) atoms. The summed E-state index contributed by atoms with van der Waals surface area (Å²) in [4.78, 5) is 41.3. The number of carbonyl (C=O) groups is 2. The number of methoxy groups -OCH3 is 1. The minimum atomic E-state index is -0.505. The average Bonchev–Trinajstić information content (AvgIpc) is 3.34. The highest BCUT2D eigenvalue weighted by Crippen LogP contribution is 2.37. The molecule has 0 unspecified atom stereocenters. The Morgan fingerprint density at radius 2 is 1.70 bits per heavy atom. The Morgan fingerprint density at radius 3 is 2.40 bits per heavy atom. The summed E-state index contributed by atoms with van der Waals surface area (Å²) in [7, 11) is 3.23. The first kappa shape index (κ1) is 27.2. The van der Waals surface area contributed by atoms with Gasteiger partial charge in [-0.05, 0) is 61.9 Å². The van der Waals surface area contributed by atoms with Crippen molar-refractivity contribution in [1.82, 2.24) is 9.36 Å². The quantitative estimate of drug-likeness (QED) is 0.132. The van der Waals surface area contributed by atoms with E-state index in [4.69, 9.17) is 21.7 Å². The molecule has 2 heterocycles. The number of aryl methyl sites for hydroxylation is 1. The van der Waals surface area contributed by atoms with Crippen molar-refractivity contribution in [3.63, 3.8) is 0 Å². The zero-order valence-corrected chi connectivity index (χ0v) is 23.8. The average molecular weight is 572 g/mol. The summed E-state index contributed by atoms with van der Waals surface area (Å²) in [6.45, 7) is 3.67. The minimum absolute atomic E-state index is 0.216. The van der Waals surface area contributed by atoms with Crippen LogP contribution in [0.25, 0.3) is 11.8 Å². The fourth-order valence-corrected chi connectivity index (χ4v) is 5.68. The molecule has 1 aliphatic rings. The maximum atomic E-state index is 13.5. The van der Waals surface area contributed by atoms with E-state index in [1.54, 1.807) is 61.1 Å². The number of hydrogen-bond acceptors (Lipinski definition) is 7. The number of thioether (sulfide) groups is 1. The van der Waals surface area contributed by atoms with Gasteiger partial charge in [0, 0.05) is 7.05 Å². The van der Waals surface area contributed by atoms with Crippen LogP contribution in [-0.2, 0) is 11.8 Å². The SMILES string of the molecule is COc1cc(/C=C2/SC(=S)N(c3c(C)n(C)n(-c4ccccc4)c3=O)C2=O)ccc1OC(=O)c1cccc(C)c1. The molecule has 1 aromatic heterocycles. The summed E-state index contributed by atoms with van der Waals surface area (Å²) in [6, 6.07) is 21.3. The maximum absolute atomic E-state index is 13.5. The lowest BCUT2D eigenvalue weighted by Crippen LogP contribution is -2.33. The first-order chi connectivity index (χ1) is 19.2. The molecule has 0 N–H and O–H groups in total. The lowest BCUT2D eigenvalue weighted by molar-refractivity contribution is -0.113. The maximum Gasteiger partial charge on any atom is 0.343 e. The van der Waals surface area contributed by atoms with Crippen LogP contribution < -0.4 is 19.9 Å². The molecule has 1 saturated heterocycles. The van der Waals surface area contributed by atoms with Crippen molar-refractivity contribution in [2.45, 2.75) is 13.8 Å². The zero-order chi connectivity index (χ0) is 28.6. The third-order valence-electron chi connectivity index (χ3n) is 6.48. The highest BCUT2D eigenvalue weighted by atomic mass is 32.2. The Kier molecular flexibility index (Phi) is 7.46. The molecule has 8 nitrogen and oxygen atoms in total. The summed E-state index contributed by atoms with van der Waals surface area (Å²) in [5, 5.41) is 0. The number of anilines is 1. The molecule has 0 aliphatic carbocycles. The third-order valence-corrected chi connectivity index (χ3v) is 7.79. The highest BCUT2D eigenvalue weighted by Gasteiger charge is 2.37. The van der Waals surface area contributed by atoms with Gasteiger partial charge in [0.25, 0.3) is 11.5 Å². The number of rotatable bonds is 6. The van der Waals surface area contributed by atoms with E-state index >= 15 is 0 Å².